The van der Waals surface area contributed by atoms with Gasteiger partial charge in [0.2, 0.25) is 0 Å². The van der Waals surface area contributed by atoms with E-state index < -0.39 is 0 Å². The fourth-order valence-corrected chi connectivity index (χ4v) is 1.75. The largest absolute Gasteiger partial charge is 0.496 e. The molecule has 16 heavy (non-hydrogen) atoms. The van der Waals surface area contributed by atoms with Gasteiger partial charge < -0.3 is 4.74 Å². The van der Waals surface area contributed by atoms with Crippen LogP contribution in [0.1, 0.15) is 37.8 Å². The van der Waals surface area contributed by atoms with Crippen molar-refractivity contribution in [1.29, 1.82) is 0 Å². The Hall–Kier alpha value is -1.13. The van der Waals surface area contributed by atoms with Crippen LogP contribution in [-0.4, -0.2) is 7.11 Å². The molecule has 0 radical (unpaired) electrons. The van der Waals surface area contributed by atoms with Gasteiger partial charge in [0.05, 0.1) is 13.2 Å². The summed E-state index contributed by atoms with van der Waals surface area (Å²) in [6.07, 6.45) is 2.84. The first kappa shape index (κ1) is 12.9. The number of halogens is 1. The van der Waals surface area contributed by atoms with E-state index in [0.717, 1.165) is 19.3 Å². The maximum absolute atomic E-state index is 13.7. The summed E-state index contributed by atoms with van der Waals surface area (Å²) in [6.45, 7) is 2.09. The first-order valence-electron chi connectivity index (χ1n) is 5.53. The lowest BCUT2D eigenvalue weighted by molar-refractivity contribution is 0.384. The minimum Gasteiger partial charge on any atom is -0.496 e. The molecule has 1 aromatic rings. The van der Waals surface area contributed by atoms with E-state index in [2.05, 4.69) is 12.3 Å². The molecule has 1 aromatic carbocycles. The van der Waals surface area contributed by atoms with E-state index in [1.165, 1.54) is 13.2 Å². The highest BCUT2D eigenvalue weighted by Crippen LogP contribution is 2.30. The second kappa shape index (κ2) is 6.45. The van der Waals surface area contributed by atoms with Crippen molar-refractivity contribution >= 4 is 0 Å². The highest BCUT2D eigenvalue weighted by Gasteiger charge is 2.18. The first-order valence-corrected chi connectivity index (χ1v) is 5.53. The Morgan fingerprint density at radius 2 is 2.25 bits per heavy atom. The summed E-state index contributed by atoms with van der Waals surface area (Å²) >= 11 is 0. The standard InChI is InChI=1S/C12H19FN2O/c1-3-4-7-10(15-14)12-9(13)6-5-8-11(12)16-2/h5-6,8,10,15H,3-4,7,14H2,1-2H3. The van der Waals surface area contributed by atoms with Crippen molar-refractivity contribution in [3.05, 3.63) is 29.6 Å². The van der Waals surface area contributed by atoms with Crippen molar-refractivity contribution in [3.8, 4) is 5.75 Å². The average Bonchev–Trinajstić information content (AvgIpc) is 2.31. The number of rotatable bonds is 6. The Balaban J connectivity index is 2.97. The van der Waals surface area contributed by atoms with Crippen LogP contribution in [-0.2, 0) is 0 Å². The average molecular weight is 226 g/mol. The highest BCUT2D eigenvalue weighted by molar-refractivity contribution is 5.37. The van der Waals surface area contributed by atoms with Gasteiger partial charge in [-0.1, -0.05) is 25.8 Å². The highest BCUT2D eigenvalue weighted by atomic mass is 19.1. The van der Waals surface area contributed by atoms with Crippen LogP contribution in [0.15, 0.2) is 18.2 Å². The summed E-state index contributed by atoms with van der Waals surface area (Å²) in [5.41, 5.74) is 3.16. The van der Waals surface area contributed by atoms with Crippen LogP contribution < -0.4 is 16.0 Å². The molecule has 4 heteroatoms. The van der Waals surface area contributed by atoms with Gasteiger partial charge >= 0.3 is 0 Å². The van der Waals surface area contributed by atoms with Crippen LogP contribution in [0.25, 0.3) is 0 Å². The SMILES string of the molecule is CCCCC(NN)c1c(F)cccc1OC. The lowest BCUT2D eigenvalue weighted by Crippen LogP contribution is -2.29. The Morgan fingerprint density at radius 3 is 2.81 bits per heavy atom. The topological polar surface area (TPSA) is 47.3 Å². The maximum Gasteiger partial charge on any atom is 0.131 e. The first-order chi connectivity index (χ1) is 7.74. The van der Waals surface area contributed by atoms with Crippen LogP contribution in [0.3, 0.4) is 0 Å². The zero-order chi connectivity index (χ0) is 12.0. The molecule has 0 spiro atoms. The molecule has 0 saturated carbocycles. The molecule has 0 aliphatic carbocycles. The molecular weight excluding hydrogens is 207 g/mol. The van der Waals surface area contributed by atoms with Crippen LogP contribution in [0, 0.1) is 5.82 Å². The maximum atomic E-state index is 13.7. The summed E-state index contributed by atoms with van der Waals surface area (Å²) in [5.74, 6) is 5.73. The Labute approximate surface area is 95.8 Å². The molecule has 1 unspecified atom stereocenters. The third-order valence-corrected chi connectivity index (χ3v) is 2.63. The third-order valence-electron chi connectivity index (χ3n) is 2.63. The fourth-order valence-electron chi connectivity index (χ4n) is 1.75. The van der Waals surface area contributed by atoms with E-state index in [0.29, 0.717) is 11.3 Å². The predicted molar refractivity (Wildman–Crippen MR) is 62.5 cm³/mol. The van der Waals surface area contributed by atoms with Crippen LogP contribution in [0.5, 0.6) is 5.75 Å². The second-order valence-corrected chi connectivity index (χ2v) is 3.72. The van der Waals surface area contributed by atoms with E-state index in [-0.39, 0.29) is 11.9 Å². The van der Waals surface area contributed by atoms with E-state index in [1.54, 1.807) is 12.1 Å². The summed E-state index contributed by atoms with van der Waals surface area (Å²) < 4.78 is 18.9. The summed E-state index contributed by atoms with van der Waals surface area (Å²) in [4.78, 5) is 0. The number of nitrogens with one attached hydrogen (secondary N) is 1. The molecule has 0 amide bonds. The molecular formula is C12H19FN2O. The van der Waals surface area contributed by atoms with Gasteiger partial charge in [-0.05, 0) is 18.6 Å². The van der Waals surface area contributed by atoms with Gasteiger partial charge in [0, 0.05) is 5.56 Å². The minimum absolute atomic E-state index is 0.198. The van der Waals surface area contributed by atoms with Crippen molar-refractivity contribution in [1.82, 2.24) is 5.43 Å². The monoisotopic (exact) mass is 226 g/mol. The minimum atomic E-state index is -0.279. The van der Waals surface area contributed by atoms with Crippen molar-refractivity contribution in [2.24, 2.45) is 5.84 Å². The lowest BCUT2D eigenvalue weighted by Gasteiger charge is -2.19. The Kier molecular flexibility index (Phi) is 5.22. The van der Waals surface area contributed by atoms with Gasteiger partial charge in [-0.25, -0.2) is 4.39 Å². The molecule has 0 fully saturated rings. The predicted octanol–water partition coefficient (Wildman–Crippen LogP) is 2.53. The molecule has 3 nitrogen and oxygen atoms in total. The van der Waals surface area contributed by atoms with Crippen molar-refractivity contribution in [2.45, 2.75) is 32.2 Å². The number of ether oxygens (including phenoxy) is 1. The smallest absolute Gasteiger partial charge is 0.131 e. The molecule has 0 bridgehead atoms. The number of unbranched alkanes of at least 4 members (excludes halogenated alkanes) is 1. The third kappa shape index (κ3) is 2.93. The lowest BCUT2D eigenvalue weighted by atomic mass is 10.00. The number of benzene rings is 1. The number of nitrogens with two attached hydrogens (primary N) is 1. The van der Waals surface area contributed by atoms with E-state index >= 15 is 0 Å². The molecule has 1 rings (SSSR count). The molecule has 0 aromatic heterocycles. The number of hydrogen-bond donors (Lipinski definition) is 2. The Morgan fingerprint density at radius 1 is 1.50 bits per heavy atom. The van der Waals surface area contributed by atoms with Crippen LogP contribution in [0.4, 0.5) is 4.39 Å². The number of hydrogen-bond acceptors (Lipinski definition) is 3. The molecule has 90 valence electrons. The van der Waals surface area contributed by atoms with Gasteiger partial charge in [0.25, 0.3) is 0 Å². The van der Waals surface area contributed by atoms with Gasteiger partial charge in [-0.3, -0.25) is 11.3 Å². The summed E-state index contributed by atoms with van der Waals surface area (Å²) in [6, 6.07) is 4.60. The van der Waals surface area contributed by atoms with Gasteiger partial charge in [0.15, 0.2) is 0 Å². The van der Waals surface area contributed by atoms with Crippen molar-refractivity contribution < 1.29 is 9.13 Å². The number of hydrazine groups is 1. The Bertz CT molecular complexity index is 331. The van der Waals surface area contributed by atoms with Gasteiger partial charge in [-0.2, -0.15) is 0 Å². The van der Waals surface area contributed by atoms with E-state index in [4.69, 9.17) is 10.6 Å². The molecule has 0 heterocycles. The molecule has 1 atom stereocenters. The molecule has 0 saturated heterocycles. The quantitative estimate of drug-likeness (QED) is 0.579. The van der Waals surface area contributed by atoms with Crippen molar-refractivity contribution in [2.75, 3.05) is 7.11 Å². The summed E-state index contributed by atoms with van der Waals surface area (Å²) in [5, 5.41) is 0. The zero-order valence-corrected chi connectivity index (χ0v) is 9.79. The normalized spacial score (nSPS) is 12.5. The number of methoxy groups -OCH3 is 1. The molecule has 3 N–H and O–H groups in total. The van der Waals surface area contributed by atoms with E-state index in [1.807, 2.05) is 0 Å². The molecule has 0 aliphatic rings. The summed E-state index contributed by atoms with van der Waals surface area (Å²) in [7, 11) is 1.53. The van der Waals surface area contributed by atoms with E-state index in [9.17, 15) is 4.39 Å². The molecule has 0 aliphatic heterocycles. The van der Waals surface area contributed by atoms with Crippen LogP contribution >= 0.6 is 0 Å². The second-order valence-electron chi connectivity index (χ2n) is 3.72. The zero-order valence-electron chi connectivity index (χ0n) is 9.79. The van der Waals surface area contributed by atoms with Crippen molar-refractivity contribution in [3.63, 3.8) is 0 Å². The van der Waals surface area contributed by atoms with Gasteiger partial charge in [-0.15, -0.1) is 0 Å². The fraction of sp³-hybridized carbons (Fsp3) is 0.500. The van der Waals surface area contributed by atoms with Gasteiger partial charge in [0.1, 0.15) is 11.6 Å². The van der Waals surface area contributed by atoms with Crippen LogP contribution in [0.2, 0.25) is 0 Å².